The quantitative estimate of drug-likeness (QED) is 0.349. The molecule has 11 heteroatoms. The zero-order chi connectivity index (χ0) is 29.6. The summed E-state index contributed by atoms with van der Waals surface area (Å²) in [7, 11) is 0. The third-order valence-corrected chi connectivity index (χ3v) is 6.98. The number of carbonyl (C=O) groups is 5. The van der Waals surface area contributed by atoms with Crippen molar-refractivity contribution in [2.24, 2.45) is 11.8 Å². The summed E-state index contributed by atoms with van der Waals surface area (Å²) in [5, 5.41) is 18.3. The molecule has 0 bridgehead atoms. The molecule has 1 aromatic carbocycles. The highest BCUT2D eigenvalue weighted by Crippen LogP contribution is 2.20. The Morgan fingerprint density at radius 3 is 2.27 bits per heavy atom. The second-order valence-electron chi connectivity index (χ2n) is 11.4. The van der Waals surface area contributed by atoms with Crippen molar-refractivity contribution in [1.82, 2.24) is 20.9 Å². The highest BCUT2D eigenvalue weighted by molar-refractivity contribution is 6.00. The van der Waals surface area contributed by atoms with Gasteiger partial charge in [-0.3, -0.25) is 14.4 Å². The smallest absolute Gasteiger partial charge is 0.326 e. The molecule has 3 rings (SSSR count). The molecule has 1 aromatic heterocycles. The average molecular weight is 557 g/mol. The van der Waals surface area contributed by atoms with Gasteiger partial charge in [0.1, 0.15) is 17.7 Å². The van der Waals surface area contributed by atoms with E-state index in [1.54, 1.807) is 25.1 Å². The maximum atomic E-state index is 13.3. The minimum absolute atomic E-state index is 0.0512. The summed E-state index contributed by atoms with van der Waals surface area (Å²) in [5.74, 6) is -2.32. The van der Waals surface area contributed by atoms with Crippen LogP contribution in [0.5, 0.6) is 0 Å². The number of aliphatic carboxylic acids is 1. The normalized spacial score (nSPS) is 19.3. The molecule has 4 amide bonds. The molecule has 1 aliphatic rings. The molecule has 0 spiro atoms. The van der Waals surface area contributed by atoms with Crippen molar-refractivity contribution in [3.8, 4) is 0 Å². The third kappa shape index (κ3) is 8.06. The number of benzene rings is 1. The molecule has 1 aliphatic heterocycles. The van der Waals surface area contributed by atoms with Gasteiger partial charge in [-0.25, -0.2) is 9.59 Å². The van der Waals surface area contributed by atoms with Gasteiger partial charge in [-0.15, -0.1) is 0 Å². The van der Waals surface area contributed by atoms with Crippen LogP contribution in [0, 0.1) is 11.8 Å². The van der Waals surface area contributed by atoms with Crippen molar-refractivity contribution in [3.05, 3.63) is 36.1 Å². The Morgan fingerprint density at radius 2 is 1.65 bits per heavy atom. The van der Waals surface area contributed by atoms with E-state index in [9.17, 15) is 29.1 Å². The second kappa shape index (κ2) is 13.5. The van der Waals surface area contributed by atoms with Crippen LogP contribution in [0.4, 0.5) is 4.79 Å². The molecule has 40 heavy (non-hydrogen) atoms. The van der Waals surface area contributed by atoms with Gasteiger partial charge in [0.2, 0.25) is 5.91 Å². The summed E-state index contributed by atoms with van der Waals surface area (Å²) in [6, 6.07) is 5.02. The Labute approximate surface area is 234 Å². The summed E-state index contributed by atoms with van der Waals surface area (Å²) in [6.45, 7) is 9.08. The predicted molar refractivity (Wildman–Crippen MR) is 149 cm³/mol. The first-order valence-corrected chi connectivity index (χ1v) is 13.8. The topological polar surface area (TPSA) is 158 Å². The number of carbonyl (C=O) groups excluding carboxylic acids is 4. The number of carboxylic acids is 1. The lowest BCUT2D eigenvalue weighted by Crippen LogP contribution is -2.54. The SMILES string of the molecule is CC(C)C[C@H](NC(=O)N1CC(=O)[C@@H](NC(=O)[C@H](CC(C)C)NC(=O)c2cc3ccccc3o2)CC[C@@H]1C)C(=O)O. The minimum atomic E-state index is -1.14. The van der Waals surface area contributed by atoms with Crippen molar-refractivity contribution in [1.29, 1.82) is 0 Å². The lowest BCUT2D eigenvalue weighted by atomic mass is 10.0. The number of urea groups is 1. The summed E-state index contributed by atoms with van der Waals surface area (Å²) in [6.07, 6.45) is 1.32. The summed E-state index contributed by atoms with van der Waals surface area (Å²) >= 11 is 0. The minimum Gasteiger partial charge on any atom is -0.480 e. The van der Waals surface area contributed by atoms with E-state index in [0.717, 1.165) is 5.39 Å². The molecule has 2 heterocycles. The molecule has 4 atom stereocenters. The largest absolute Gasteiger partial charge is 0.480 e. The summed E-state index contributed by atoms with van der Waals surface area (Å²) in [4.78, 5) is 65.2. The number of para-hydroxylation sites is 1. The fraction of sp³-hybridized carbons (Fsp3) is 0.552. The Hall–Kier alpha value is -3.89. The number of nitrogens with one attached hydrogen (secondary N) is 3. The van der Waals surface area contributed by atoms with Crippen molar-refractivity contribution < 1.29 is 33.5 Å². The monoisotopic (exact) mass is 556 g/mol. The molecule has 0 saturated carbocycles. The molecule has 2 aromatic rings. The first-order chi connectivity index (χ1) is 18.8. The van der Waals surface area contributed by atoms with Gasteiger partial charge in [0, 0.05) is 11.4 Å². The Morgan fingerprint density at radius 1 is 1.00 bits per heavy atom. The molecular formula is C29H40N4O7. The van der Waals surface area contributed by atoms with Gasteiger partial charge >= 0.3 is 12.0 Å². The molecular weight excluding hydrogens is 516 g/mol. The number of fused-ring (bicyclic) bond motifs is 1. The van der Waals surface area contributed by atoms with Crippen molar-refractivity contribution in [2.45, 2.75) is 84.5 Å². The second-order valence-corrected chi connectivity index (χ2v) is 11.4. The van der Waals surface area contributed by atoms with Gasteiger partial charge in [-0.05, 0) is 56.6 Å². The van der Waals surface area contributed by atoms with Gasteiger partial charge in [-0.2, -0.15) is 0 Å². The van der Waals surface area contributed by atoms with Crippen LogP contribution in [-0.2, 0) is 14.4 Å². The molecule has 0 radical (unpaired) electrons. The number of likely N-dealkylation sites (tertiary alicyclic amines) is 1. The third-order valence-electron chi connectivity index (χ3n) is 6.98. The van der Waals surface area contributed by atoms with Crippen molar-refractivity contribution in [3.63, 3.8) is 0 Å². The number of carboxylic acid groups (broad SMARTS) is 1. The zero-order valence-electron chi connectivity index (χ0n) is 23.7. The van der Waals surface area contributed by atoms with E-state index in [4.69, 9.17) is 4.42 Å². The van der Waals surface area contributed by atoms with Crippen LogP contribution < -0.4 is 16.0 Å². The molecule has 4 N–H and O–H groups in total. The van der Waals surface area contributed by atoms with Gasteiger partial charge in [0.15, 0.2) is 11.5 Å². The number of ketones is 1. The van der Waals surface area contributed by atoms with Gasteiger partial charge < -0.3 is 30.4 Å². The molecule has 1 saturated heterocycles. The number of furan rings is 1. The number of hydrogen-bond donors (Lipinski definition) is 4. The molecule has 1 fully saturated rings. The Bertz CT molecular complexity index is 1200. The number of nitrogens with zero attached hydrogens (tertiary/aromatic N) is 1. The van der Waals surface area contributed by atoms with Gasteiger partial charge in [-0.1, -0.05) is 45.9 Å². The molecule has 0 aliphatic carbocycles. The first kappa shape index (κ1) is 30.6. The summed E-state index contributed by atoms with van der Waals surface area (Å²) < 4.78 is 5.63. The van der Waals surface area contributed by atoms with Crippen LogP contribution in [0.2, 0.25) is 0 Å². The van der Waals surface area contributed by atoms with Crippen LogP contribution >= 0.6 is 0 Å². The molecule has 11 nitrogen and oxygen atoms in total. The van der Waals surface area contributed by atoms with Crippen molar-refractivity contribution in [2.75, 3.05) is 6.54 Å². The number of amides is 4. The standard InChI is InChI=1S/C29H40N4O7/c1-16(2)12-21(31-27(36)25-14-19-8-6-7-9-24(19)40-25)26(35)30-20-11-10-18(5)33(15-23(20)34)29(39)32-22(28(37)38)13-17(3)4/h6-9,14,16-18,20-22H,10-13,15H2,1-5H3,(H,30,35)(H,31,36)(H,32,39)(H,37,38)/t18-,20-,21-,22-/m0/s1. The van der Waals surface area contributed by atoms with E-state index in [0.29, 0.717) is 24.8 Å². The molecule has 218 valence electrons. The number of rotatable bonds is 10. The van der Waals surface area contributed by atoms with E-state index in [2.05, 4.69) is 16.0 Å². The predicted octanol–water partition coefficient (Wildman–Crippen LogP) is 3.32. The highest BCUT2D eigenvalue weighted by atomic mass is 16.4. The van der Waals surface area contributed by atoms with E-state index < -0.39 is 41.9 Å². The lowest BCUT2D eigenvalue weighted by Gasteiger charge is -2.28. The van der Waals surface area contributed by atoms with Crippen LogP contribution in [0.1, 0.15) is 70.9 Å². The van der Waals surface area contributed by atoms with Gasteiger partial charge in [0.05, 0.1) is 12.6 Å². The maximum Gasteiger partial charge on any atom is 0.326 e. The number of Topliss-reactive ketones (excluding diaryl/α,β-unsaturated/α-hetero) is 1. The van der Waals surface area contributed by atoms with E-state index >= 15 is 0 Å². The van der Waals surface area contributed by atoms with Gasteiger partial charge in [0.25, 0.3) is 5.91 Å². The highest BCUT2D eigenvalue weighted by Gasteiger charge is 2.35. The zero-order valence-corrected chi connectivity index (χ0v) is 23.7. The number of hydrogen-bond acceptors (Lipinski definition) is 6. The first-order valence-electron chi connectivity index (χ1n) is 13.8. The van der Waals surface area contributed by atoms with Crippen LogP contribution in [0.3, 0.4) is 0 Å². The summed E-state index contributed by atoms with van der Waals surface area (Å²) in [5.41, 5.74) is 0.558. The fourth-order valence-corrected chi connectivity index (χ4v) is 4.81. The fourth-order valence-electron chi connectivity index (χ4n) is 4.81. The Balaban J connectivity index is 1.67. The van der Waals surface area contributed by atoms with Crippen LogP contribution in [0.15, 0.2) is 34.7 Å². The average Bonchev–Trinajstić information content (AvgIpc) is 3.26. The van der Waals surface area contributed by atoms with E-state index in [-0.39, 0.29) is 42.4 Å². The van der Waals surface area contributed by atoms with E-state index in [1.165, 1.54) is 4.90 Å². The Kier molecular flexibility index (Phi) is 10.3. The molecule has 0 unspecified atom stereocenters. The van der Waals surface area contributed by atoms with Crippen molar-refractivity contribution >= 4 is 40.6 Å². The van der Waals surface area contributed by atoms with Crippen LogP contribution in [-0.4, -0.2) is 70.3 Å². The van der Waals surface area contributed by atoms with Crippen LogP contribution in [0.25, 0.3) is 11.0 Å². The van der Waals surface area contributed by atoms with E-state index in [1.807, 2.05) is 39.8 Å². The lowest BCUT2D eigenvalue weighted by molar-refractivity contribution is -0.139. The maximum absolute atomic E-state index is 13.3.